The van der Waals surface area contributed by atoms with E-state index < -0.39 is 5.97 Å². The van der Waals surface area contributed by atoms with Crippen LogP contribution in [-0.4, -0.2) is 59.6 Å². The summed E-state index contributed by atoms with van der Waals surface area (Å²) in [5.74, 6) is -0.237. The molecule has 1 saturated heterocycles. The Hall–Kier alpha value is -4.02. The summed E-state index contributed by atoms with van der Waals surface area (Å²) in [5, 5.41) is 15.5. The molecule has 0 spiro atoms. The van der Waals surface area contributed by atoms with Crippen LogP contribution >= 0.6 is 11.8 Å². The normalized spacial score (nSPS) is 18.8. The lowest BCUT2D eigenvalue weighted by atomic mass is 10.1. The van der Waals surface area contributed by atoms with E-state index in [1.807, 2.05) is 29.0 Å². The van der Waals surface area contributed by atoms with E-state index in [9.17, 15) is 14.7 Å². The zero-order valence-corrected chi connectivity index (χ0v) is 24.8. The highest BCUT2D eigenvalue weighted by molar-refractivity contribution is 8.18. The van der Waals surface area contributed by atoms with Gasteiger partial charge in [-0.2, -0.15) is 0 Å². The molecule has 0 saturated carbocycles. The fourth-order valence-electron chi connectivity index (χ4n) is 5.14. The van der Waals surface area contributed by atoms with Crippen LogP contribution in [0.25, 0.3) is 17.0 Å². The highest BCUT2D eigenvalue weighted by atomic mass is 32.2. The van der Waals surface area contributed by atoms with E-state index in [1.54, 1.807) is 38.3 Å². The molecule has 2 aliphatic heterocycles. The van der Waals surface area contributed by atoms with Crippen molar-refractivity contribution in [3.63, 3.8) is 0 Å². The maximum absolute atomic E-state index is 12.9. The first-order valence-electron chi connectivity index (χ1n) is 14.1. The van der Waals surface area contributed by atoms with Crippen molar-refractivity contribution < 1.29 is 28.9 Å². The lowest BCUT2D eigenvalue weighted by Crippen LogP contribution is -2.34. The first kappa shape index (κ1) is 29.5. The van der Waals surface area contributed by atoms with Gasteiger partial charge in [-0.3, -0.25) is 4.79 Å². The van der Waals surface area contributed by atoms with E-state index in [1.165, 1.54) is 11.8 Å². The van der Waals surface area contributed by atoms with Crippen LogP contribution in [0.1, 0.15) is 37.8 Å². The maximum Gasteiger partial charge on any atom is 0.344 e. The number of aromatic nitrogens is 1. The quantitative estimate of drug-likeness (QED) is 0.292. The number of carbonyl (C=O) groups is 2. The minimum absolute atomic E-state index is 0.0235. The molecule has 0 unspecified atom stereocenters. The number of aryl methyl sites for hydroxylation is 1. The van der Waals surface area contributed by atoms with E-state index in [0.29, 0.717) is 27.9 Å². The Kier molecular flexibility index (Phi) is 9.34. The third-order valence-corrected chi connectivity index (χ3v) is 8.24. The van der Waals surface area contributed by atoms with Crippen molar-refractivity contribution in [2.75, 3.05) is 26.9 Å². The highest BCUT2D eigenvalue weighted by Gasteiger charge is 2.33. The van der Waals surface area contributed by atoms with Gasteiger partial charge in [0, 0.05) is 30.3 Å². The van der Waals surface area contributed by atoms with Crippen LogP contribution in [-0.2, 0) is 32.0 Å². The van der Waals surface area contributed by atoms with Gasteiger partial charge in [0.15, 0.2) is 0 Å². The molecule has 2 aliphatic rings. The summed E-state index contributed by atoms with van der Waals surface area (Å²) < 4.78 is 18.1. The number of esters is 1. The van der Waals surface area contributed by atoms with Crippen molar-refractivity contribution in [1.29, 1.82) is 0 Å². The van der Waals surface area contributed by atoms with Crippen LogP contribution in [0.5, 0.6) is 5.75 Å². The van der Waals surface area contributed by atoms with E-state index in [0.717, 1.165) is 47.9 Å². The number of aliphatic imine (C=N–C) groups is 1. The molecule has 2 N–H and O–H groups in total. The zero-order valence-electron chi connectivity index (χ0n) is 24.0. The number of hydrogen-bond acceptors (Lipinski definition) is 8. The summed E-state index contributed by atoms with van der Waals surface area (Å²) in [4.78, 5) is 30.9. The van der Waals surface area contributed by atoms with Crippen molar-refractivity contribution in [2.24, 2.45) is 4.99 Å². The molecule has 1 amide bonds. The molecule has 3 aromatic rings. The van der Waals surface area contributed by atoms with Gasteiger partial charge >= 0.3 is 5.97 Å². The monoisotopic (exact) mass is 589 g/mol. The Morgan fingerprint density at radius 3 is 2.71 bits per heavy atom. The molecule has 2 aromatic carbocycles. The second-order valence-corrected chi connectivity index (χ2v) is 11.0. The number of rotatable bonds is 10. The number of thioether (sulfide) groups is 1. The number of aliphatic hydroxyl groups is 1. The SMILES string of the molecule is CCOC(=O)C1=C(O)/C(=C/c2cn(CC(=O)NC[C@H]3CCCO3)c3c(CC)cccc23)SC1=Nc1ccc(OC)cc1. The summed E-state index contributed by atoms with van der Waals surface area (Å²) in [6.07, 6.45) is 6.58. The number of ether oxygens (including phenoxy) is 3. The van der Waals surface area contributed by atoms with Gasteiger partial charge in [-0.25, -0.2) is 9.79 Å². The fourth-order valence-corrected chi connectivity index (χ4v) is 6.17. The fraction of sp³-hybridized carbons (Fsp3) is 0.344. The minimum Gasteiger partial charge on any atom is -0.506 e. The van der Waals surface area contributed by atoms with Crippen LogP contribution in [0.3, 0.4) is 0 Å². The number of carbonyl (C=O) groups excluding carboxylic acids is 2. The van der Waals surface area contributed by atoms with Crippen LogP contribution < -0.4 is 10.1 Å². The average molecular weight is 590 g/mol. The third kappa shape index (κ3) is 6.39. The van der Waals surface area contributed by atoms with Gasteiger partial charge in [0.25, 0.3) is 0 Å². The van der Waals surface area contributed by atoms with Gasteiger partial charge < -0.3 is 29.2 Å². The molecule has 1 atom stereocenters. The van der Waals surface area contributed by atoms with Gasteiger partial charge in [0.1, 0.15) is 28.7 Å². The van der Waals surface area contributed by atoms with Gasteiger partial charge in [0.05, 0.1) is 35.9 Å². The molecule has 0 aliphatic carbocycles. The van der Waals surface area contributed by atoms with E-state index >= 15 is 0 Å². The topological polar surface area (TPSA) is 111 Å². The second-order valence-electron chi connectivity index (χ2n) is 9.99. The molecule has 0 bridgehead atoms. The van der Waals surface area contributed by atoms with Crippen molar-refractivity contribution in [3.8, 4) is 5.75 Å². The minimum atomic E-state index is -0.642. The molecule has 42 heavy (non-hydrogen) atoms. The predicted molar refractivity (Wildman–Crippen MR) is 165 cm³/mol. The number of benzene rings is 2. The Morgan fingerprint density at radius 1 is 1.21 bits per heavy atom. The lowest BCUT2D eigenvalue weighted by molar-refractivity contribution is -0.138. The van der Waals surface area contributed by atoms with Gasteiger partial charge in [0.2, 0.25) is 5.91 Å². The standard InChI is InChI=1S/C32H35N3O6S/c1-4-20-8-6-10-25-21(18-35(29(20)25)19-27(36)33-17-24-9-7-15-41-24)16-26-30(37)28(32(38)40-5-2)31(42-26)34-22-11-13-23(39-3)14-12-22/h6,8,10-14,16,18,24,37H,4-5,7,9,15,17,19H2,1-3H3,(H,33,36)/b26-16-,34-31?/t24-/m1/s1. The average Bonchev–Trinajstić information content (AvgIpc) is 3.71. The first-order chi connectivity index (χ1) is 20.4. The summed E-state index contributed by atoms with van der Waals surface area (Å²) in [7, 11) is 1.59. The molecule has 0 radical (unpaired) electrons. The maximum atomic E-state index is 12.9. The summed E-state index contributed by atoms with van der Waals surface area (Å²) in [6.45, 7) is 5.35. The number of hydrogen-bond donors (Lipinski definition) is 2. The molecule has 9 nitrogen and oxygen atoms in total. The smallest absolute Gasteiger partial charge is 0.344 e. The molecule has 5 rings (SSSR count). The molecule has 1 fully saturated rings. The number of fused-ring (bicyclic) bond motifs is 1. The van der Waals surface area contributed by atoms with Crippen LogP contribution in [0.2, 0.25) is 0 Å². The highest BCUT2D eigenvalue weighted by Crippen LogP contribution is 2.41. The molecule has 1 aromatic heterocycles. The number of nitrogens with zero attached hydrogens (tertiary/aromatic N) is 2. The number of amides is 1. The third-order valence-electron chi connectivity index (χ3n) is 7.22. The number of nitrogens with one attached hydrogen (secondary N) is 1. The molecular weight excluding hydrogens is 554 g/mol. The molecule has 220 valence electrons. The summed E-state index contributed by atoms with van der Waals surface area (Å²) in [6, 6.07) is 13.2. The Bertz CT molecular complexity index is 1560. The van der Waals surface area contributed by atoms with Crippen molar-refractivity contribution in [1.82, 2.24) is 9.88 Å². The van der Waals surface area contributed by atoms with E-state index in [2.05, 4.69) is 23.3 Å². The number of methoxy groups -OCH3 is 1. The lowest BCUT2D eigenvalue weighted by Gasteiger charge is -2.12. The summed E-state index contributed by atoms with van der Waals surface area (Å²) >= 11 is 1.20. The second kappa shape index (κ2) is 13.3. The van der Waals surface area contributed by atoms with Gasteiger partial charge in [-0.15, -0.1) is 0 Å². The Balaban J connectivity index is 1.50. The zero-order chi connectivity index (χ0) is 29.6. The molecular formula is C32H35N3O6S. The van der Waals surface area contributed by atoms with Crippen molar-refractivity contribution in [2.45, 2.75) is 45.8 Å². The Labute approximate surface area is 249 Å². The van der Waals surface area contributed by atoms with Crippen LogP contribution in [0.4, 0.5) is 5.69 Å². The molecule has 10 heteroatoms. The van der Waals surface area contributed by atoms with Crippen LogP contribution in [0, 0.1) is 0 Å². The van der Waals surface area contributed by atoms with Crippen molar-refractivity contribution >= 4 is 51.3 Å². The predicted octanol–water partition coefficient (Wildman–Crippen LogP) is 5.70. The first-order valence-corrected chi connectivity index (χ1v) is 15.0. The number of aliphatic hydroxyl groups excluding tert-OH is 1. The van der Waals surface area contributed by atoms with Crippen LogP contribution in [0.15, 0.2) is 69.9 Å². The Morgan fingerprint density at radius 2 is 2.02 bits per heavy atom. The largest absolute Gasteiger partial charge is 0.506 e. The summed E-state index contributed by atoms with van der Waals surface area (Å²) in [5.41, 5.74) is 3.51. The number of para-hydroxylation sites is 1. The molecule has 3 heterocycles. The van der Waals surface area contributed by atoms with Crippen molar-refractivity contribution in [3.05, 3.63) is 76.0 Å². The van der Waals surface area contributed by atoms with E-state index in [-0.39, 0.29) is 36.5 Å². The van der Waals surface area contributed by atoms with Gasteiger partial charge in [-0.1, -0.05) is 36.9 Å². The van der Waals surface area contributed by atoms with E-state index in [4.69, 9.17) is 14.2 Å². The van der Waals surface area contributed by atoms with Gasteiger partial charge in [-0.05, 0) is 62.1 Å².